The number of amides is 1. The lowest BCUT2D eigenvalue weighted by Gasteiger charge is -2.26. The van der Waals surface area contributed by atoms with Crippen molar-refractivity contribution in [3.05, 3.63) is 47.9 Å². The molecule has 2 N–H and O–H groups in total. The van der Waals surface area contributed by atoms with Gasteiger partial charge < -0.3 is 20.1 Å². The van der Waals surface area contributed by atoms with E-state index in [1.807, 2.05) is 30.0 Å². The van der Waals surface area contributed by atoms with Gasteiger partial charge in [0.2, 0.25) is 0 Å². The number of nitrogens with zero attached hydrogens (tertiary/aromatic N) is 4. The van der Waals surface area contributed by atoms with Gasteiger partial charge in [0.1, 0.15) is 30.1 Å². The fourth-order valence-corrected chi connectivity index (χ4v) is 4.33. The zero-order chi connectivity index (χ0) is 22.4. The molecule has 0 spiro atoms. The summed E-state index contributed by atoms with van der Waals surface area (Å²) in [5, 5.41) is 13.8. The molecular weight excluding hydrogens is 406 g/mol. The van der Waals surface area contributed by atoms with Crippen molar-refractivity contribution in [1.29, 1.82) is 0 Å². The fraction of sp³-hybridized carbons (Fsp3) is 0.542. The average molecular weight is 440 g/mol. The van der Waals surface area contributed by atoms with Crippen LogP contribution in [0.1, 0.15) is 41.7 Å². The lowest BCUT2D eigenvalue weighted by Crippen LogP contribution is -2.45. The Bertz CT molecular complexity index is 901. The van der Waals surface area contributed by atoms with Gasteiger partial charge in [-0.15, -0.1) is 0 Å². The Kier molecular flexibility index (Phi) is 7.22. The van der Waals surface area contributed by atoms with E-state index in [9.17, 15) is 9.90 Å². The van der Waals surface area contributed by atoms with Crippen LogP contribution in [-0.4, -0.2) is 77.4 Å². The first-order chi connectivity index (χ1) is 15.5. The third kappa shape index (κ3) is 5.95. The van der Waals surface area contributed by atoms with E-state index in [-0.39, 0.29) is 12.5 Å². The molecule has 4 rings (SSSR count). The summed E-state index contributed by atoms with van der Waals surface area (Å²) in [7, 11) is 0. The number of nitrogens with one attached hydrogen (secondary N) is 1. The number of β-amino-alcohol motifs (C(OH)–C–C–N with tert-alkyl or cyclic N) is 1. The normalized spacial score (nSPS) is 21.5. The second-order valence-electron chi connectivity index (χ2n) is 8.87. The average Bonchev–Trinajstić information content (AvgIpc) is 3.21. The van der Waals surface area contributed by atoms with Crippen molar-refractivity contribution in [2.45, 2.75) is 38.2 Å². The molecule has 2 saturated heterocycles. The molecule has 8 heteroatoms. The summed E-state index contributed by atoms with van der Waals surface area (Å²) < 4.78 is 5.83. The summed E-state index contributed by atoms with van der Waals surface area (Å²) in [4.78, 5) is 25.4. The summed E-state index contributed by atoms with van der Waals surface area (Å²) >= 11 is 0. The van der Waals surface area contributed by atoms with E-state index in [0.29, 0.717) is 31.7 Å². The van der Waals surface area contributed by atoms with E-state index in [1.54, 1.807) is 12.1 Å². The number of aliphatic hydroxyl groups is 1. The summed E-state index contributed by atoms with van der Waals surface area (Å²) in [6.45, 7) is 7.13. The highest BCUT2D eigenvalue weighted by atomic mass is 16.5. The maximum absolute atomic E-state index is 12.6. The van der Waals surface area contributed by atoms with Gasteiger partial charge in [0.05, 0.1) is 0 Å². The predicted octanol–water partition coefficient (Wildman–Crippen LogP) is 2.02. The molecule has 172 valence electrons. The van der Waals surface area contributed by atoms with Crippen molar-refractivity contribution in [3.8, 4) is 5.75 Å². The largest absolute Gasteiger partial charge is 0.492 e. The maximum Gasteiger partial charge on any atom is 0.251 e. The molecule has 2 aromatic rings. The first-order valence-electron chi connectivity index (χ1n) is 11.5. The molecule has 1 amide bonds. The van der Waals surface area contributed by atoms with E-state index in [1.165, 1.54) is 25.6 Å². The van der Waals surface area contributed by atoms with Crippen molar-refractivity contribution >= 4 is 11.7 Å². The van der Waals surface area contributed by atoms with Crippen molar-refractivity contribution in [1.82, 2.24) is 20.2 Å². The van der Waals surface area contributed by atoms with Crippen LogP contribution in [0, 0.1) is 6.92 Å². The third-order valence-electron chi connectivity index (χ3n) is 6.27. The van der Waals surface area contributed by atoms with Gasteiger partial charge in [0, 0.05) is 43.5 Å². The summed E-state index contributed by atoms with van der Waals surface area (Å²) in [6, 6.07) is 9.09. The Morgan fingerprint density at radius 2 is 1.94 bits per heavy atom. The second kappa shape index (κ2) is 10.3. The first-order valence-corrected chi connectivity index (χ1v) is 11.5. The van der Waals surface area contributed by atoms with Crippen molar-refractivity contribution < 1.29 is 14.6 Å². The van der Waals surface area contributed by atoms with E-state index in [4.69, 9.17) is 4.74 Å². The van der Waals surface area contributed by atoms with Gasteiger partial charge in [-0.2, -0.15) is 0 Å². The number of piperidine rings is 1. The summed E-state index contributed by atoms with van der Waals surface area (Å²) in [5.74, 6) is 1.37. The zero-order valence-electron chi connectivity index (χ0n) is 18.8. The molecule has 0 saturated carbocycles. The molecule has 2 aliphatic rings. The van der Waals surface area contributed by atoms with Crippen LogP contribution in [0.5, 0.6) is 5.75 Å². The Morgan fingerprint density at radius 3 is 2.69 bits per heavy atom. The minimum atomic E-state index is -0.980. The molecule has 1 unspecified atom stereocenters. The Labute approximate surface area is 189 Å². The molecular formula is C24H33N5O3. The highest BCUT2D eigenvalue weighted by Crippen LogP contribution is 2.25. The fourth-order valence-electron chi connectivity index (χ4n) is 4.33. The highest BCUT2D eigenvalue weighted by Gasteiger charge is 2.37. The molecule has 2 aliphatic heterocycles. The Morgan fingerprint density at radius 1 is 1.16 bits per heavy atom. The van der Waals surface area contributed by atoms with Crippen molar-refractivity contribution in [2.75, 3.05) is 50.8 Å². The molecule has 1 aromatic carbocycles. The number of ether oxygens (including phenoxy) is 1. The molecule has 8 nitrogen and oxygen atoms in total. The van der Waals surface area contributed by atoms with Crippen molar-refractivity contribution in [3.63, 3.8) is 0 Å². The monoisotopic (exact) mass is 439 g/mol. The summed E-state index contributed by atoms with van der Waals surface area (Å²) in [5.41, 5.74) is 0.461. The Hall–Kier alpha value is -2.71. The lowest BCUT2D eigenvalue weighted by atomic mass is 10.0. The molecule has 3 heterocycles. The van der Waals surface area contributed by atoms with Gasteiger partial charge in [-0.3, -0.25) is 9.69 Å². The van der Waals surface area contributed by atoms with E-state index in [0.717, 1.165) is 36.9 Å². The van der Waals surface area contributed by atoms with Gasteiger partial charge in [-0.25, -0.2) is 9.97 Å². The van der Waals surface area contributed by atoms with Crippen LogP contribution in [-0.2, 0) is 0 Å². The van der Waals surface area contributed by atoms with Crippen LogP contribution in [0.15, 0.2) is 36.7 Å². The Balaban J connectivity index is 1.22. The smallest absolute Gasteiger partial charge is 0.251 e. The highest BCUT2D eigenvalue weighted by molar-refractivity contribution is 5.94. The minimum absolute atomic E-state index is 0.195. The van der Waals surface area contributed by atoms with E-state index in [2.05, 4.69) is 20.2 Å². The van der Waals surface area contributed by atoms with Crippen molar-refractivity contribution in [2.24, 2.45) is 0 Å². The molecule has 1 atom stereocenters. The second-order valence-corrected chi connectivity index (χ2v) is 8.87. The minimum Gasteiger partial charge on any atom is -0.492 e. The van der Waals surface area contributed by atoms with Gasteiger partial charge in [0.15, 0.2) is 0 Å². The maximum atomic E-state index is 12.6. The number of carbonyl (C=O) groups is 1. The van der Waals surface area contributed by atoms with E-state index >= 15 is 0 Å². The molecule has 1 aromatic heterocycles. The topological polar surface area (TPSA) is 90.8 Å². The molecule has 32 heavy (non-hydrogen) atoms. The zero-order valence-corrected chi connectivity index (χ0v) is 18.8. The number of likely N-dealkylation sites (tertiary alicyclic amines) is 1. The first kappa shape index (κ1) is 22.5. The number of carbonyl (C=O) groups excluding carboxylic acids is 1. The number of benzene rings is 1. The molecule has 0 radical (unpaired) electrons. The van der Waals surface area contributed by atoms with Gasteiger partial charge in [-0.1, -0.05) is 6.42 Å². The number of anilines is 1. The molecule has 0 bridgehead atoms. The SMILES string of the molecule is Cc1cc(N2CCC(O)(CNC(=O)c3ccc(OCCN4CCCCC4)cc3)C2)ncn1. The predicted molar refractivity (Wildman–Crippen MR) is 123 cm³/mol. The van der Waals surface area contributed by atoms with E-state index < -0.39 is 5.60 Å². The van der Waals surface area contributed by atoms with Crippen LogP contribution in [0.3, 0.4) is 0 Å². The van der Waals surface area contributed by atoms with Crippen LogP contribution >= 0.6 is 0 Å². The van der Waals surface area contributed by atoms with Gasteiger partial charge >= 0.3 is 0 Å². The number of hydrogen-bond acceptors (Lipinski definition) is 7. The van der Waals surface area contributed by atoms with Crippen LogP contribution in [0.4, 0.5) is 5.82 Å². The lowest BCUT2D eigenvalue weighted by molar-refractivity contribution is 0.0575. The standard InChI is InChI=1S/C24H33N5O3/c1-19-15-22(27-18-26-19)29-12-9-24(31,17-29)16-25-23(30)20-5-7-21(8-6-20)32-14-13-28-10-3-2-4-11-28/h5-8,15,18,31H,2-4,9-14,16-17H2,1H3,(H,25,30). The van der Waals surface area contributed by atoms with Crippen LogP contribution in [0.25, 0.3) is 0 Å². The summed E-state index contributed by atoms with van der Waals surface area (Å²) in [6.07, 6.45) is 5.98. The number of aryl methyl sites for hydroxylation is 1. The molecule has 2 fully saturated rings. The number of hydrogen-bond donors (Lipinski definition) is 2. The quantitative estimate of drug-likeness (QED) is 0.650. The van der Waals surface area contributed by atoms with Gasteiger partial charge in [-0.05, 0) is 63.5 Å². The number of rotatable bonds is 8. The van der Waals surface area contributed by atoms with Crippen LogP contribution < -0.4 is 15.0 Å². The van der Waals surface area contributed by atoms with Crippen LogP contribution in [0.2, 0.25) is 0 Å². The molecule has 0 aliphatic carbocycles. The third-order valence-corrected chi connectivity index (χ3v) is 6.27. The number of aromatic nitrogens is 2. The van der Waals surface area contributed by atoms with Gasteiger partial charge in [0.25, 0.3) is 5.91 Å².